The lowest BCUT2D eigenvalue weighted by Gasteiger charge is -2.31. The van der Waals surface area contributed by atoms with E-state index in [1.54, 1.807) is 7.11 Å². The van der Waals surface area contributed by atoms with E-state index in [-0.39, 0.29) is 12.1 Å². The third kappa shape index (κ3) is 2.53. The number of methoxy groups -OCH3 is 1. The van der Waals surface area contributed by atoms with E-state index in [4.69, 9.17) is 15.2 Å². The normalized spacial score (nSPS) is 20.9. The molecule has 3 nitrogen and oxygen atoms in total. The lowest BCUT2D eigenvalue weighted by Crippen LogP contribution is -2.24. The topological polar surface area (TPSA) is 44.5 Å². The Hall–Kier alpha value is -1.52. The van der Waals surface area contributed by atoms with E-state index >= 15 is 0 Å². The van der Waals surface area contributed by atoms with Crippen LogP contribution in [-0.4, -0.2) is 7.11 Å². The van der Waals surface area contributed by atoms with Gasteiger partial charge in [0.2, 0.25) is 0 Å². The molecule has 2 aromatic carbocycles. The Balaban J connectivity index is 1.95. The van der Waals surface area contributed by atoms with Gasteiger partial charge in [0, 0.05) is 28.6 Å². The number of ether oxygens (including phenoxy) is 2. The van der Waals surface area contributed by atoms with Gasteiger partial charge in [-0.25, -0.2) is 0 Å². The van der Waals surface area contributed by atoms with E-state index < -0.39 is 0 Å². The molecule has 20 heavy (non-hydrogen) atoms. The Morgan fingerprint density at radius 1 is 1.25 bits per heavy atom. The molecular formula is C16H16BrNO2. The predicted molar refractivity (Wildman–Crippen MR) is 82.1 cm³/mol. The van der Waals surface area contributed by atoms with Crippen LogP contribution in [0.1, 0.15) is 29.7 Å². The molecule has 0 saturated carbocycles. The largest absolute Gasteiger partial charge is 0.497 e. The smallest absolute Gasteiger partial charge is 0.128 e. The number of hydrogen-bond donors (Lipinski definition) is 1. The minimum Gasteiger partial charge on any atom is -0.497 e. The fraction of sp³-hybridized carbons (Fsp3) is 0.250. The van der Waals surface area contributed by atoms with Crippen molar-refractivity contribution in [3.63, 3.8) is 0 Å². The van der Waals surface area contributed by atoms with E-state index in [2.05, 4.69) is 28.1 Å². The maximum atomic E-state index is 6.27. The summed E-state index contributed by atoms with van der Waals surface area (Å²) in [7, 11) is 1.65. The van der Waals surface area contributed by atoms with E-state index in [0.717, 1.165) is 33.5 Å². The average Bonchev–Trinajstić information content (AvgIpc) is 2.46. The van der Waals surface area contributed by atoms with Gasteiger partial charge in [-0.1, -0.05) is 34.1 Å². The van der Waals surface area contributed by atoms with E-state index in [9.17, 15) is 0 Å². The summed E-state index contributed by atoms with van der Waals surface area (Å²) in [4.78, 5) is 0. The lowest BCUT2D eigenvalue weighted by molar-refractivity contribution is 0.161. The molecule has 0 amide bonds. The van der Waals surface area contributed by atoms with Crippen LogP contribution in [0.5, 0.6) is 11.5 Å². The molecule has 2 unspecified atom stereocenters. The second kappa shape index (κ2) is 5.46. The van der Waals surface area contributed by atoms with Crippen molar-refractivity contribution >= 4 is 15.9 Å². The van der Waals surface area contributed by atoms with Crippen LogP contribution in [0, 0.1) is 0 Å². The number of fused-ring (bicyclic) bond motifs is 1. The van der Waals surface area contributed by atoms with Gasteiger partial charge >= 0.3 is 0 Å². The standard InChI is InChI=1S/C16H16BrNO2/c1-19-12-5-6-13-14(18)9-15(20-16(13)8-12)10-3-2-4-11(17)7-10/h2-8,14-15H,9,18H2,1H3. The SMILES string of the molecule is COc1ccc2c(c1)OC(c1cccc(Br)c1)CC2N. The number of nitrogens with two attached hydrogens (primary N) is 1. The van der Waals surface area contributed by atoms with Crippen molar-refractivity contribution in [1.82, 2.24) is 0 Å². The summed E-state index contributed by atoms with van der Waals surface area (Å²) in [6.07, 6.45) is 0.748. The molecule has 0 saturated heterocycles. The molecule has 2 atom stereocenters. The molecule has 0 bridgehead atoms. The number of halogens is 1. The summed E-state index contributed by atoms with van der Waals surface area (Å²) in [5.41, 5.74) is 8.44. The molecule has 2 aromatic rings. The molecule has 1 aliphatic heterocycles. The molecule has 1 heterocycles. The van der Waals surface area contributed by atoms with Crippen molar-refractivity contribution in [1.29, 1.82) is 0 Å². The molecule has 104 valence electrons. The van der Waals surface area contributed by atoms with Gasteiger partial charge in [-0.15, -0.1) is 0 Å². The molecule has 0 aliphatic carbocycles. The summed E-state index contributed by atoms with van der Waals surface area (Å²) < 4.78 is 12.4. The van der Waals surface area contributed by atoms with E-state index in [1.165, 1.54) is 0 Å². The Kier molecular flexibility index (Phi) is 3.68. The molecule has 4 heteroatoms. The zero-order valence-corrected chi connectivity index (χ0v) is 12.8. The third-order valence-electron chi connectivity index (χ3n) is 3.58. The van der Waals surface area contributed by atoms with Gasteiger partial charge in [0.15, 0.2) is 0 Å². The van der Waals surface area contributed by atoms with Crippen LogP contribution < -0.4 is 15.2 Å². The highest BCUT2D eigenvalue weighted by Crippen LogP contribution is 2.41. The average molecular weight is 334 g/mol. The van der Waals surface area contributed by atoms with Gasteiger partial charge in [0.1, 0.15) is 17.6 Å². The van der Waals surface area contributed by atoms with Crippen molar-refractivity contribution in [3.05, 3.63) is 58.1 Å². The molecule has 0 fully saturated rings. The van der Waals surface area contributed by atoms with Crippen molar-refractivity contribution in [2.24, 2.45) is 5.73 Å². The monoisotopic (exact) mass is 333 g/mol. The van der Waals surface area contributed by atoms with Gasteiger partial charge in [0.25, 0.3) is 0 Å². The van der Waals surface area contributed by atoms with Gasteiger partial charge < -0.3 is 15.2 Å². The summed E-state index contributed by atoms with van der Waals surface area (Å²) in [5, 5.41) is 0. The van der Waals surface area contributed by atoms with Gasteiger partial charge in [-0.2, -0.15) is 0 Å². The van der Waals surface area contributed by atoms with Crippen LogP contribution in [0.25, 0.3) is 0 Å². The van der Waals surface area contributed by atoms with Crippen LogP contribution in [0.2, 0.25) is 0 Å². The van der Waals surface area contributed by atoms with Crippen LogP contribution in [0.3, 0.4) is 0 Å². The van der Waals surface area contributed by atoms with Crippen molar-refractivity contribution in [3.8, 4) is 11.5 Å². The van der Waals surface area contributed by atoms with Crippen LogP contribution in [-0.2, 0) is 0 Å². The summed E-state index contributed by atoms with van der Waals surface area (Å²) >= 11 is 3.49. The fourth-order valence-electron chi connectivity index (χ4n) is 2.52. The maximum Gasteiger partial charge on any atom is 0.128 e. The van der Waals surface area contributed by atoms with Gasteiger partial charge in [-0.3, -0.25) is 0 Å². The highest BCUT2D eigenvalue weighted by molar-refractivity contribution is 9.10. The minimum atomic E-state index is -0.0258. The lowest BCUT2D eigenvalue weighted by atomic mass is 9.93. The molecule has 0 spiro atoms. The molecule has 3 rings (SSSR count). The molecular weight excluding hydrogens is 318 g/mol. The van der Waals surface area contributed by atoms with Gasteiger partial charge in [-0.05, 0) is 23.8 Å². The Labute approximate surface area is 126 Å². The zero-order valence-electron chi connectivity index (χ0n) is 11.2. The second-order valence-corrected chi connectivity index (χ2v) is 5.82. The third-order valence-corrected chi connectivity index (χ3v) is 4.07. The Morgan fingerprint density at radius 3 is 2.85 bits per heavy atom. The van der Waals surface area contributed by atoms with E-state index in [1.807, 2.05) is 30.3 Å². The van der Waals surface area contributed by atoms with Crippen LogP contribution in [0.15, 0.2) is 46.9 Å². The fourth-order valence-corrected chi connectivity index (χ4v) is 2.94. The summed E-state index contributed by atoms with van der Waals surface area (Å²) in [5.74, 6) is 1.60. The Morgan fingerprint density at radius 2 is 2.10 bits per heavy atom. The number of rotatable bonds is 2. The first kappa shape index (κ1) is 13.5. The minimum absolute atomic E-state index is 0.0198. The quantitative estimate of drug-likeness (QED) is 0.903. The highest BCUT2D eigenvalue weighted by Gasteiger charge is 2.27. The first-order chi connectivity index (χ1) is 9.67. The van der Waals surface area contributed by atoms with Gasteiger partial charge in [0.05, 0.1) is 7.11 Å². The van der Waals surface area contributed by atoms with Crippen molar-refractivity contribution in [2.75, 3.05) is 7.11 Å². The first-order valence-corrected chi connectivity index (χ1v) is 7.32. The van der Waals surface area contributed by atoms with Crippen LogP contribution in [0.4, 0.5) is 0 Å². The highest BCUT2D eigenvalue weighted by atomic mass is 79.9. The predicted octanol–water partition coefficient (Wildman–Crippen LogP) is 3.98. The molecule has 0 aromatic heterocycles. The Bertz CT molecular complexity index is 630. The number of hydrogen-bond acceptors (Lipinski definition) is 3. The zero-order chi connectivity index (χ0) is 14.1. The molecule has 0 radical (unpaired) electrons. The van der Waals surface area contributed by atoms with Crippen molar-refractivity contribution < 1.29 is 9.47 Å². The molecule has 1 aliphatic rings. The van der Waals surface area contributed by atoms with E-state index in [0.29, 0.717) is 0 Å². The second-order valence-electron chi connectivity index (χ2n) is 4.91. The summed E-state index contributed by atoms with van der Waals surface area (Å²) in [6, 6.07) is 13.9. The first-order valence-electron chi connectivity index (χ1n) is 6.53. The summed E-state index contributed by atoms with van der Waals surface area (Å²) in [6.45, 7) is 0. The van der Waals surface area contributed by atoms with Crippen molar-refractivity contribution in [2.45, 2.75) is 18.6 Å². The maximum absolute atomic E-state index is 6.27. The number of benzene rings is 2. The molecule has 2 N–H and O–H groups in total. The van der Waals surface area contributed by atoms with Crippen LogP contribution >= 0.6 is 15.9 Å².